The van der Waals surface area contributed by atoms with Gasteiger partial charge in [-0.3, -0.25) is 9.78 Å². The van der Waals surface area contributed by atoms with Gasteiger partial charge in [-0.15, -0.1) is 0 Å². The predicted molar refractivity (Wildman–Crippen MR) is 103 cm³/mol. The fourth-order valence-electron chi connectivity index (χ4n) is 2.81. The lowest BCUT2D eigenvalue weighted by atomic mass is 10.1. The highest BCUT2D eigenvalue weighted by molar-refractivity contribution is 5.91. The van der Waals surface area contributed by atoms with E-state index < -0.39 is 0 Å². The topological polar surface area (TPSA) is 51.0 Å². The van der Waals surface area contributed by atoms with Crippen molar-refractivity contribution in [2.75, 3.05) is 7.05 Å². The van der Waals surface area contributed by atoms with E-state index in [2.05, 4.69) is 10.1 Å². The minimum absolute atomic E-state index is 0.0677. The molecule has 2 aromatic heterocycles. The van der Waals surface area contributed by atoms with E-state index >= 15 is 0 Å². The van der Waals surface area contributed by atoms with Crippen molar-refractivity contribution in [1.29, 1.82) is 0 Å². The molecule has 26 heavy (non-hydrogen) atoms. The Morgan fingerprint density at radius 1 is 1.12 bits per heavy atom. The van der Waals surface area contributed by atoms with E-state index in [0.717, 1.165) is 28.3 Å². The van der Waals surface area contributed by atoms with Crippen LogP contribution in [0.3, 0.4) is 0 Å². The number of likely N-dealkylation sites (N-methyl/N-ethyl adjacent to an activating group) is 1. The maximum absolute atomic E-state index is 12.4. The second kappa shape index (κ2) is 7.78. The molecule has 1 amide bonds. The van der Waals surface area contributed by atoms with Crippen molar-refractivity contribution in [3.63, 3.8) is 0 Å². The van der Waals surface area contributed by atoms with Crippen LogP contribution in [0.2, 0.25) is 0 Å². The summed E-state index contributed by atoms with van der Waals surface area (Å²) in [5.41, 5.74) is 4.73. The fourth-order valence-corrected chi connectivity index (χ4v) is 2.81. The molecule has 0 saturated heterocycles. The number of pyridine rings is 1. The number of carbonyl (C=O) groups is 1. The molecular formula is C21H22N4O. The van der Waals surface area contributed by atoms with Crippen molar-refractivity contribution in [3.05, 3.63) is 83.4 Å². The maximum atomic E-state index is 12.4. The van der Waals surface area contributed by atoms with Gasteiger partial charge in [0.25, 0.3) is 0 Å². The molecule has 132 valence electrons. The van der Waals surface area contributed by atoms with Crippen molar-refractivity contribution in [1.82, 2.24) is 19.7 Å². The van der Waals surface area contributed by atoms with E-state index in [0.29, 0.717) is 6.54 Å². The third-order valence-corrected chi connectivity index (χ3v) is 4.24. The van der Waals surface area contributed by atoms with Crippen LogP contribution in [-0.2, 0) is 11.3 Å². The molecule has 0 atom stereocenters. The summed E-state index contributed by atoms with van der Waals surface area (Å²) >= 11 is 0. The van der Waals surface area contributed by atoms with Gasteiger partial charge in [0.15, 0.2) is 0 Å². The molecule has 0 spiro atoms. The molecule has 0 bridgehead atoms. The Labute approximate surface area is 153 Å². The van der Waals surface area contributed by atoms with Crippen LogP contribution in [0.4, 0.5) is 0 Å². The summed E-state index contributed by atoms with van der Waals surface area (Å²) < 4.78 is 1.90. The first-order valence-electron chi connectivity index (χ1n) is 8.51. The highest BCUT2D eigenvalue weighted by Gasteiger charge is 2.12. The first-order valence-corrected chi connectivity index (χ1v) is 8.51. The second-order valence-electron chi connectivity index (χ2n) is 6.18. The van der Waals surface area contributed by atoms with Crippen molar-refractivity contribution in [3.8, 4) is 5.69 Å². The van der Waals surface area contributed by atoms with Crippen LogP contribution in [0.15, 0.2) is 60.8 Å². The van der Waals surface area contributed by atoms with Gasteiger partial charge in [0.05, 0.1) is 23.6 Å². The second-order valence-corrected chi connectivity index (χ2v) is 6.18. The predicted octanol–water partition coefficient (Wildman–Crippen LogP) is 3.56. The molecule has 0 unspecified atom stereocenters. The largest absolute Gasteiger partial charge is 0.336 e. The number of hydrogen-bond donors (Lipinski definition) is 0. The molecule has 1 aromatic carbocycles. The van der Waals surface area contributed by atoms with Crippen molar-refractivity contribution in [2.45, 2.75) is 20.4 Å². The van der Waals surface area contributed by atoms with Gasteiger partial charge in [0.2, 0.25) is 5.91 Å². The summed E-state index contributed by atoms with van der Waals surface area (Å²) in [5.74, 6) is -0.0677. The Balaban J connectivity index is 1.76. The van der Waals surface area contributed by atoms with Gasteiger partial charge in [0, 0.05) is 30.6 Å². The molecule has 2 heterocycles. The van der Waals surface area contributed by atoms with Gasteiger partial charge in [-0.2, -0.15) is 5.10 Å². The molecule has 3 rings (SSSR count). The summed E-state index contributed by atoms with van der Waals surface area (Å²) in [4.78, 5) is 18.3. The summed E-state index contributed by atoms with van der Waals surface area (Å²) in [6.07, 6.45) is 5.16. The highest BCUT2D eigenvalue weighted by Crippen LogP contribution is 2.19. The van der Waals surface area contributed by atoms with Crippen LogP contribution in [-0.4, -0.2) is 32.6 Å². The number of aryl methyl sites for hydroxylation is 1. The van der Waals surface area contributed by atoms with Crippen LogP contribution >= 0.6 is 0 Å². The van der Waals surface area contributed by atoms with E-state index in [4.69, 9.17) is 0 Å². The first kappa shape index (κ1) is 17.6. The van der Waals surface area contributed by atoms with E-state index in [1.165, 1.54) is 0 Å². The average Bonchev–Trinajstić information content (AvgIpc) is 2.95. The van der Waals surface area contributed by atoms with E-state index in [1.807, 2.05) is 73.1 Å². The van der Waals surface area contributed by atoms with Crippen LogP contribution in [0.1, 0.15) is 22.6 Å². The lowest BCUT2D eigenvalue weighted by molar-refractivity contribution is -0.125. The summed E-state index contributed by atoms with van der Waals surface area (Å²) in [5, 5.41) is 4.60. The third-order valence-electron chi connectivity index (χ3n) is 4.24. The standard InChI is InChI=1S/C21H22N4O/c1-16-20(17(2)25(23-16)19-10-5-4-6-11-19)12-13-21(26)24(3)15-18-9-7-8-14-22-18/h4-14H,15H2,1-3H3/b13-12+. The van der Waals surface area contributed by atoms with Crippen LogP contribution in [0, 0.1) is 13.8 Å². The molecule has 3 aromatic rings. The molecule has 0 aliphatic carbocycles. The van der Waals surface area contributed by atoms with Gasteiger partial charge in [-0.25, -0.2) is 4.68 Å². The maximum Gasteiger partial charge on any atom is 0.246 e. The smallest absolute Gasteiger partial charge is 0.246 e. The van der Waals surface area contributed by atoms with E-state index in [-0.39, 0.29) is 5.91 Å². The number of aromatic nitrogens is 3. The third kappa shape index (κ3) is 3.88. The number of rotatable bonds is 5. The molecule has 0 N–H and O–H groups in total. The number of para-hydroxylation sites is 1. The van der Waals surface area contributed by atoms with Crippen molar-refractivity contribution in [2.24, 2.45) is 0 Å². The highest BCUT2D eigenvalue weighted by atomic mass is 16.2. The number of nitrogens with zero attached hydrogens (tertiary/aromatic N) is 4. The van der Waals surface area contributed by atoms with Gasteiger partial charge >= 0.3 is 0 Å². The normalized spacial score (nSPS) is 11.0. The lowest BCUT2D eigenvalue weighted by Gasteiger charge is -2.14. The molecular weight excluding hydrogens is 324 g/mol. The summed E-state index contributed by atoms with van der Waals surface area (Å²) in [6.45, 7) is 4.44. The molecule has 0 fully saturated rings. The van der Waals surface area contributed by atoms with E-state index in [1.54, 1.807) is 24.2 Å². The molecule has 5 heteroatoms. The minimum Gasteiger partial charge on any atom is -0.336 e. The molecule has 0 aliphatic rings. The molecule has 0 aliphatic heterocycles. The van der Waals surface area contributed by atoms with Gasteiger partial charge in [0.1, 0.15) is 0 Å². The van der Waals surface area contributed by atoms with Crippen LogP contribution < -0.4 is 0 Å². The number of hydrogen-bond acceptors (Lipinski definition) is 3. The molecule has 0 saturated carbocycles. The fraction of sp³-hybridized carbons (Fsp3) is 0.190. The Morgan fingerprint density at radius 3 is 2.54 bits per heavy atom. The molecule has 5 nitrogen and oxygen atoms in total. The minimum atomic E-state index is -0.0677. The Hall–Kier alpha value is -3.21. The number of benzene rings is 1. The Morgan fingerprint density at radius 2 is 1.85 bits per heavy atom. The van der Waals surface area contributed by atoms with E-state index in [9.17, 15) is 4.79 Å². The zero-order valence-electron chi connectivity index (χ0n) is 15.3. The zero-order chi connectivity index (χ0) is 18.5. The lowest BCUT2D eigenvalue weighted by Crippen LogP contribution is -2.24. The quantitative estimate of drug-likeness (QED) is 0.664. The van der Waals surface area contributed by atoms with Gasteiger partial charge < -0.3 is 4.90 Å². The van der Waals surface area contributed by atoms with Crippen molar-refractivity contribution >= 4 is 12.0 Å². The summed E-state index contributed by atoms with van der Waals surface area (Å²) in [6, 6.07) is 15.7. The SMILES string of the molecule is Cc1nn(-c2ccccc2)c(C)c1/C=C/C(=O)N(C)Cc1ccccn1. The Kier molecular flexibility index (Phi) is 5.27. The zero-order valence-corrected chi connectivity index (χ0v) is 15.3. The average molecular weight is 346 g/mol. The van der Waals surface area contributed by atoms with Crippen molar-refractivity contribution < 1.29 is 4.79 Å². The first-order chi connectivity index (χ1) is 12.6. The molecule has 0 radical (unpaired) electrons. The van der Waals surface area contributed by atoms with Gasteiger partial charge in [-0.1, -0.05) is 24.3 Å². The number of carbonyl (C=O) groups excluding carboxylic acids is 1. The summed E-state index contributed by atoms with van der Waals surface area (Å²) in [7, 11) is 1.77. The van der Waals surface area contributed by atoms with Gasteiger partial charge in [-0.05, 0) is 44.2 Å². The Bertz CT molecular complexity index is 914. The number of amides is 1. The van der Waals surface area contributed by atoms with Crippen LogP contribution in [0.5, 0.6) is 0 Å². The monoisotopic (exact) mass is 346 g/mol. The van der Waals surface area contributed by atoms with Crippen LogP contribution in [0.25, 0.3) is 11.8 Å².